The number of hydrogen-bond donors (Lipinski definition) is 4. The Morgan fingerprint density at radius 2 is 0.833 bits per heavy atom. The minimum atomic E-state index is 0.834. The third-order valence-corrected chi connectivity index (χ3v) is 5.44. The molecule has 0 amide bonds. The highest BCUT2D eigenvalue weighted by Gasteiger charge is 2.09. The van der Waals surface area contributed by atoms with Crippen molar-refractivity contribution < 1.29 is 0 Å². The summed E-state index contributed by atoms with van der Waals surface area (Å²) in [5, 5.41) is 0. The third kappa shape index (κ3) is 12.5. The first-order valence-electron chi connectivity index (χ1n) is 8.59. The van der Waals surface area contributed by atoms with Crippen molar-refractivity contribution in [3.05, 3.63) is 0 Å². The second-order valence-electron chi connectivity index (χ2n) is 5.57. The van der Waals surface area contributed by atoms with E-state index in [4.69, 9.17) is 24.4 Å². The van der Waals surface area contributed by atoms with Crippen LogP contribution in [-0.4, -0.2) is 69.0 Å². The Hall–Kier alpha value is 1.18. The first-order chi connectivity index (χ1) is 11.6. The van der Waals surface area contributed by atoms with Crippen LogP contribution >= 0.6 is 75.0 Å². The molecule has 0 aromatic carbocycles. The maximum atomic E-state index is 5.53. The smallest absolute Gasteiger partial charge is 0.0779 e. The lowest BCUT2D eigenvalue weighted by molar-refractivity contribution is 0.464. The van der Waals surface area contributed by atoms with Crippen LogP contribution in [0.25, 0.3) is 0 Å². The predicted octanol–water partition coefficient (Wildman–Crippen LogP) is 4.31. The summed E-state index contributed by atoms with van der Waals surface area (Å²) in [4.78, 5) is 6.58. The average molecular weight is 445 g/mol. The Bertz CT molecular complexity index is 297. The molecular weight excluding hydrogens is 413 g/mol. The first-order valence-corrected chi connectivity index (χ1v) is 11.9. The van der Waals surface area contributed by atoms with Gasteiger partial charge in [-0.3, -0.25) is 0 Å². The van der Waals surface area contributed by atoms with Gasteiger partial charge in [0.1, 0.15) is 0 Å². The second-order valence-corrected chi connectivity index (χ2v) is 8.30. The average Bonchev–Trinajstić information content (AvgIpc) is 2.57. The molecule has 0 aliphatic heterocycles. The van der Waals surface area contributed by atoms with Gasteiger partial charge < -0.3 is 9.80 Å². The van der Waals surface area contributed by atoms with E-state index in [0.29, 0.717) is 0 Å². The molecule has 142 valence electrons. The van der Waals surface area contributed by atoms with E-state index in [1.807, 2.05) is 0 Å². The zero-order valence-corrected chi connectivity index (χ0v) is 19.6. The quantitative estimate of drug-likeness (QED) is 0.170. The molecule has 0 fully saturated rings. The molecule has 0 heterocycles. The Morgan fingerprint density at radius 3 is 1.08 bits per heavy atom. The summed E-state index contributed by atoms with van der Waals surface area (Å²) < 4.78 is 0. The summed E-state index contributed by atoms with van der Waals surface area (Å²) >= 11 is 28.3. The Balaban J connectivity index is 3.85. The van der Waals surface area contributed by atoms with E-state index in [0.717, 1.165) is 84.9 Å². The SMILES string of the molecule is S=C(CCCCCCC(=S)N(CCS)CCS)N(CCS)CCS. The Labute approximate surface area is 181 Å². The van der Waals surface area contributed by atoms with Crippen molar-refractivity contribution in [2.75, 3.05) is 49.2 Å². The lowest BCUT2D eigenvalue weighted by Crippen LogP contribution is -2.33. The molecule has 0 radical (unpaired) electrons. The molecule has 0 aliphatic carbocycles. The molecule has 0 saturated heterocycles. The maximum Gasteiger partial charge on any atom is 0.0779 e. The van der Waals surface area contributed by atoms with Gasteiger partial charge in [0, 0.05) is 49.2 Å². The van der Waals surface area contributed by atoms with Crippen molar-refractivity contribution in [3.63, 3.8) is 0 Å². The zero-order chi connectivity index (χ0) is 18.2. The van der Waals surface area contributed by atoms with Crippen LogP contribution in [0, 0.1) is 0 Å². The van der Waals surface area contributed by atoms with E-state index < -0.39 is 0 Å². The fourth-order valence-electron chi connectivity index (χ4n) is 2.43. The topological polar surface area (TPSA) is 6.48 Å². The summed E-state index contributed by atoms with van der Waals surface area (Å²) in [6.45, 7) is 3.68. The third-order valence-electron chi connectivity index (χ3n) is 3.72. The number of thiocarbonyl (C=S) groups is 2. The second kappa shape index (κ2) is 17.6. The largest absolute Gasteiger partial charge is 0.365 e. The molecule has 0 saturated carbocycles. The highest BCUT2D eigenvalue weighted by molar-refractivity contribution is 7.81. The van der Waals surface area contributed by atoms with Crippen LogP contribution in [0.3, 0.4) is 0 Å². The van der Waals surface area contributed by atoms with Gasteiger partial charge in [0.25, 0.3) is 0 Å². The van der Waals surface area contributed by atoms with Crippen molar-refractivity contribution >= 4 is 84.9 Å². The summed E-state index contributed by atoms with van der Waals surface area (Å²) in [6.07, 6.45) is 6.70. The van der Waals surface area contributed by atoms with Crippen LogP contribution in [0.1, 0.15) is 38.5 Å². The maximum absolute atomic E-state index is 5.53. The van der Waals surface area contributed by atoms with Gasteiger partial charge in [-0.15, -0.1) is 0 Å². The number of hydrogen-bond acceptors (Lipinski definition) is 6. The molecule has 0 aromatic rings. The van der Waals surface area contributed by atoms with Crippen LogP contribution in [0.2, 0.25) is 0 Å². The van der Waals surface area contributed by atoms with E-state index in [2.05, 4.69) is 60.3 Å². The lowest BCUT2D eigenvalue weighted by atomic mass is 10.1. The summed E-state index contributed by atoms with van der Waals surface area (Å²) in [5.74, 6) is 3.34. The molecule has 0 spiro atoms. The fraction of sp³-hybridized carbons (Fsp3) is 0.875. The van der Waals surface area contributed by atoms with Gasteiger partial charge in [0.2, 0.25) is 0 Å². The van der Waals surface area contributed by atoms with Crippen molar-refractivity contribution in [3.8, 4) is 0 Å². The zero-order valence-electron chi connectivity index (χ0n) is 14.4. The van der Waals surface area contributed by atoms with Crippen LogP contribution in [0.4, 0.5) is 0 Å². The molecule has 0 rings (SSSR count). The van der Waals surface area contributed by atoms with Crippen LogP contribution in [0.5, 0.6) is 0 Å². The molecule has 8 heteroatoms. The summed E-state index contributed by atoms with van der Waals surface area (Å²) in [6, 6.07) is 0. The standard InChI is InChI=1S/C16H32N2S6/c19-11-7-17(8-12-20)15(23)5-3-1-2-4-6-16(24)18(9-13-21)10-14-22/h19-22H,1-14H2. The van der Waals surface area contributed by atoms with Crippen molar-refractivity contribution in [2.45, 2.75) is 38.5 Å². The number of nitrogens with zero attached hydrogens (tertiary/aromatic N) is 2. The molecule has 0 bridgehead atoms. The molecule has 0 atom stereocenters. The highest BCUT2D eigenvalue weighted by atomic mass is 32.1. The minimum absolute atomic E-state index is 0.834. The monoisotopic (exact) mass is 444 g/mol. The summed E-state index contributed by atoms with van der Waals surface area (Å²) in [5.41, 5.74) is 0. The summed E-state index contributed by atoms with van der Waals surface area (Å²) in [7, 11) is 0. The van der Waals surface area contributed by atoms with Gasteiger partial charge >= 0.3 is 0 Å². The Morgan fingerprint density at radius 1 is 0.542 bits per heavy atom. The molecule has 2 nitrogen and oxygen atoms in total. The van der Waals surface area contributed by atoms with E-state index in [9.17, 15) is 0 Å². The van der Waals surface area contributed by atoms with E-state index in [1.165, 1.54) is 12.8 Å². The minimum Gasteiger partial charge on any atom is -0.365 e. The van der Waals surface area contributed by atoms with Crippen molar-refractivity contribution in [2.24, 2.45) is 0 Å². The van der Waals surface area contributed by atoms with E-state index in [1.54, 1.807) is 0 Å². The van der Waals surface area contributed by atoms with Crippen molar-refractivity contribution in [1.82, 2.24) is 9.80 Å². The van der Waals surface area contributed by atoms with Gasteiger partial charge in [0.15, 0.2) is 0 Å². The number of unbranched alkanes of at least 4 members (excludes halogenated alkanes) is 3. The molecule has 0 N–H and O–H groups in total. The molecule has 0 aromatic heterocycles. The van der Waals surface area contributed by atoms with Crippen LogP contribution in [-0.2, 0) is 0 Å². The van der Waals surface area contributed by atoms with Gasteiger partial charge in [-0.1, -0.05) is 37.3 Å². The normalized spacial score (nSPS) is 10.7. The van der Waals surface area contributed by atoms with Crippen LogP contribution < -0.4 is 0 Å². The van der Waals surface area contributed by atoms with E-state index >= 15 is 0 Å². The lowest BCUT2D eigenvalue weighted by Gasteiger charge is -2.24. The molecule has 0 unspecified atom stereocenters. The van der Waals surface area contributed by atoms with E-state index in [-0.39, 0.29) is 0 Å². The fourth-order valence-corrected chi connectivity index (χ4v) is 4.05. The van der Waals surface area contributed by atoms with Crippen LogP contribution in [0.15, 0.2) is 0 Å². The molecule has 0 aliphatic rings. The van der Waals surface area contributed by atoms with Gasteiger partial charge in [-0.25, -0.2) is 0 Å². The molecular formula is C16H32N2S6. The highest BCUT2D eigenvalue weighted by Crippen LogP contribution is 2.11. The predicted molar refractivity (Wildman–Crippen MR) is 131 cm³/mol. The van der Waals surface area contributed by atoms with Gasteiger partial charge in [0.05, 0.1) is 9.98 Å². The molecule has 24 heavy (non-hydrogen) atoms. The number of rotatable bonds is 15. The van der Waals surface area contributed by atoms with Crippen molar-refractivity contribution in [1.29, 1.82) is 0 Å². The Kier molecular flexibility index (Phi) is 18.5. The first kappa shape index (κ1) is 25.2. The number of thiol groups is 4. The van der Waals surface area contributed by atoms with Gasteiger partial charge in [-0.05, 0) is 25.7 Å². The van der Waals surface area contributed by atoms with Gasteiger partial charge in [-0.2, -0.15) is 50.5 Å².